The molecule has 0 aromatic heterocycles. The second-order valence-corrected chi connectivity index (χ2v) is 4.93. The van der Waals surface area contributed by atoms with Gasteiger partial charge in [0.25, 0.3) is 0 Å². The van der Waals surface area contributed by atoms with Crippen LogP contribution in [0.25, 0.3) is 0 Å². The molecule has 1 N–H and O–H groups in total. The molecule has 2 aliphatic rings. The molecule has 2 heteroatoms. The monoisotopic (exact) mass is 217 g/mol. The quantitative estimate of drug-likeness (QED) is 0.839. The third-order valence-electron chi connectivity index (χ3n) is 3.68. The molecule has 2 nitrogen and oxygen atoms in total. The SMILES string of the molecule is c1ccc(C2(OC3CCNCC3)CC2)cc1. The average Bonchev–Trinajstić information content (AvgIpc) is 3.13. The summed E-state index contributed by atoms with van der Waals surface area (Å²) in [4.78, 5) is 0. The van der Waals surface area contributed by atoms with Gasteiger partial charge in [0.05, 0.1) is 11.7 Å². The summed E-state index contributed by atoms with van der Waals surface area (Å²) in [7, 11) is 0. The van der Waals surface area contributed by atoms with E-state index in [-0.39, 0.29) is 5.60 Å². The van der Waals surface area contributed by atoms with E-state index in [9.17, 15) is 0 Å². The molecule has 2 fully saturated rings. The first-order valence-electron chi connectivity index (χ1n) is 6.33. The minimum Gasteiger partial charge on any atom is -0.367 e. The van der Waals surface area contributed by atoms with Gasteiger partial charge in [-0.15, -0.1) is 0 Å². The molecule has 0 radical (unpaired) electrons. The molecule has 86 valence electrons. The van der Waals surface area contributed by atoms with E-state index in [1.165, 1.54) is 18.4 Å². The lowest BCUT2D eigenvalue weighted by Gasteiger charge is -2.28. The number of nitrogens with one attached hydrogen (secondary N) is 1. The smallest absolute Gasteiger partial charge is 0.0937 e. The maximum Gasteiger partial charge on any atom is 0.0937 e. The third-order valence-corrected chi connectivity index (χ3v) is 3.68. The van der Waals surface area contributed by atoms with Gasteiger partial charge in [0.2, 0.25) is 0 Å². The van der Waals surface area contributed by atoms with Gasteiger partial charge in [0.1, 0.15) is 0 Å². The Morgan fingerprint density at radius 1 is 1.06 bits per heavy atom. The van der Waals surface area contributed by atoms with Gasteiger partial charge in [-0.25, -0.2) is 0 Å². The normalized spacial score (nSPS) is 24.2. The third kappa shape index (κ3) is 2.00. The first-order valence-corrected chi connectivity index (χ1v) is 6.33. The molecule has 1 heterocycles. The highest BCUT2D eigenvalue weighted by Gasteiger charge is 2.47. The van der Waals surface area contributed by atoms with Crippen molar-refractivity contribution in [2.45, 2.75) is 37.4 Å². The predicted octanol–water partition coefficient (Wildman–Crippen LogP) is 2.44. The highest BCUT2D eigenvalue weighted by Crippen LogP contribution is 2.50. The number of hydrogen-bond acceptors (Lipinski definition) is 2. The Kier molecular flexibility index (Phi) is 2.70. The van der Waals surface area contributed by atoms with Gasteiger partial charge < -0.3 is 10.1 Å². The number of hydrogen-bond donors (Lipinski definition) is 1. The first-order chi connectivity index (χ1) is 7.89. The molecule has 1 aromatic carbocycles. The Bertz CT molecular complexity index is 339. The van der Waals surface area contributed by atoms with Crippen molar-refractivity contribution in [3.63, 3.8) is 0 Å². The molecule has 1 aromatic rings. The van der Waals surface area contributed by atoms with Crippen LogP contribution < -0.4 is 5.32 Å². The zero-order valence-electron chi connectivity index (χ0n) is 9.61. The molecular weight excluding hydrogens is 198 g/mol. The molecule has 1 saturated heterocycles. The van der Waals surface area contributed by atoms with Crippen LogP contribution in [0.2, 0.25) is 0 Å². The molecule has 1 aliphatic heterocycles. The molecule has 16 heavy (non-hydrogen) atoms. The van der Waals surface area contributed by atoms with E-state index in [0.717, 1.165) is 25.9 Å². The van der Waals surface area contributed by atoms with Crippen molar-refractivity contribution in [1.82, 2.24) is 5.32 Å². The minimum absolute atomic E-state index is 0.0727. The van der Waals surface area contributed by atoms with Gasteiger partial charge in [0, 0.05) is 0 Å². The van der Waals surface area contributed by atoms with Crippen LogP contribution >= 0.6 is 0 Å². The molecule has 0 atom stereocenters. The number of rotatable bonds is 3. The average molecular weight is 217 g/mol. The van der Waals surface area contributed by atoms with Gasteiger partial charge in [-0.3, -0.25) is 0 Å². The molecule has 0 spiro atoms. The van der Waals surface area contributed by atoms with Crippen LogP contribution in [0.4, 0.5) is 0 Å². The van der Waals surface area contributed by atoms with Crippen molar-refractivity contribution < 1.29 is 4.74 Å². The predicted molar refractivity (Wildman–Crippen MR) is 64.3 cm³/mol. The Morgan fingerprint density at radius 2 is 1.75 bits per heavy atom. The van der Waals surface area contributed by atoms with E-state index in [1.54, 1.807) is 0 Å². The van der Waals surface area contributed by atoms with Crippen LogP contribution in [-0.2, 0) is 10.3 Å². The second kappa shape index (κ2) is 4.19. The topological polar surface area (TPSA) is 21.3 Å². The summed E-state index contributed by atoms with van der Waals surface area (Å²) in [5.74, 6) is 0. The molecule has 0 bridgehead atoms. The van der Waals surface area contributed by atoms with E-state index in [0.29, 0.717) is 6.10 Å². The largest absolute Gasteiger partial charge is 0.367 e. The molecule has 1 aliphatic carbocycles. The lowest BCUT2D eigenvalue weighted by molar-refractivity contribution is -0.0465. The maximum absolute atomic E-state index is 6.34. The van der Waals surface area contributed by atoms with Crippen LogP contribution in [0.1, 0.15) is 31.2 Å². The molecule has 0 unspecified atom stereocenters. The minimum atomic E-state index is 0.0727. The van der Waals surface area contributed by atoms with Gasteiger partial charge in [-0.1, -0.05) is 30.3 Å². The standard InChI is InChI=1S/C14H19NO/c1-2-4-12(5-3-1)14(8-9-14)16-13-6-10-15-11-7-13/h1-5,13,15H,6-11H2. The van der Waals surface area contributed by atoms with Gasteiger partial charge in [-0.2, -0.15) is 0 Å². The Balaban J connectivity index is 1.69. The highest BCUT2D eigenvalue weighted by atomic mass is 16.5. The fourth-order valence-electron chi connectivity index (χ4n) is 2.56. The van der Waals surface area contributed by atoms with Crippen molar-refractivity contribution in [3.8, 4) is 0 Å². The van der Waals surface area contributed by atoms with Gasteiger partial charge in [-0.05, 0) is 44.3 Å². The summed E-state index contributed by atoms with van der Waals surface area (Å²) in [5.41, 5.74) is 1.44. The van der Waals surface area contributed by atoms with Crippen LogP contribution in [0, 0.1) is 0 Å². The summed E-state index contributed by atoms with van der Waals surface area (Å²) < 4.78 is 6.34. The van der Waals surface area contributed by atoms with Crippen LogP contribution in [0.5, 0.6) is 0 Å². The molecular formula is C14H19NO. The zero-order valence-corrected chi connectivity index (χ0v) is 9.61. The molecule has 1 saturated carbocycles. The Labute approximate surface area is 97.0 Å². The van der Waals surface area contributed by atoms with Crippen LogP contribution in [0.3, 0.4) is 0 Å². The van der Waals surface area contributed by atoms with Crippen molar-refractivity contribution in [3.05, 3.63) is 35.9 Å². The first kappa shape index (κ1) is 10.3. The van der Waals surface area contributed by atoms with E-state index < -0.39 is 0 Å². The summed E-state index contributed by atoms with van der Waals surface area (Å²) in [6, 6.07) is 10.7. The van der Waals surface area contributed by atoms with E-state index in [2.05, 4.69) is 35.6 Å². The van der Waals surface area contributed by atoms with Crippen molar-refractivity contribution in [1.29, 1.82) is 0 Å². The fraction of sp³-hybridized carbons (Fsp3) is 0.571. The summed E-state index contributed by atoms with van der Waals surface area (Å²) in [6.07, 6.45) is 5.18. The van der Waals surface area contributed by atoms with E-state index in [4.69, 9.17) is 4.74 Å². The maximum atomic E-state index is 6.34. The summed E-state index contributed by atoms with van der Waals surface area (Å²) in [6.45, 7) is 2.21. The number of piperidine rings is 1. The van der Waals surface area contributed by atoms with Crippen molar-refractivity contribution >= 4 is 0 Å². The van der Waals surface area contributed by atoms with Crippen molar-refractivity contribution in [2.75, 3.05) is 13.1 Å². The summed E-state index contributed by atoms with van der Waals surface area (Å²) >= 11 is 0. The van der Waals surface area contributed by atoms with Crippen LogP contribution in [-0.4, -0.2) is 19.2 Å². The lowest BCUT2D eigenvalue weighted by atomic mass is 10.1. The van der Waals surface area contributed by atoms with Crippen LogP contribution in [0.15, 0.2) is 30.3 Å². The fourth-order valence-corrected chi connectivity index (χ4v) is 2.56. The lowest BCUT2D eigenvalue weighted by Crippen LogP contribution is -2.34. The summed E-state index contributed by atoms with van der Waals surface area (Å²) in [5, 5.41) is 3.38. The Morgan fingerprint density at radius 3 is 2.38 bits per heavy atom. The highest BCUT2D eigenvalue weighted by molar-refractivity contribution is 5.27. The second-order valence-electron chi connectivity index (χ2n) is 4.93. The van der Waals surface area contributed by atoms with Gasteiger partial charge in [0.15, 0.2) is 0 Å². The van der Waals surface area contributed by atoms with E-state index >= 15 is 0 Å². The van der Waals surface area contributed by atoms with Crippen molar-refractivity contribution in [2.24, 2.45) is 0 Å². The Hall–Kier alpha value is -0.860. The van der Waals surface area contributed by atoms with E-state index in [1.807, 2.05) is 0 Å². The van der Waals surface area contributed by atoms with Gasteiger partial charge >= 0.3 is 0 Å². The molecule has 3 rings (SSSR count). The number of benzene rings is 1. The zero-order chi connectivity index (χ0) is 10.8. The molecule has 0 amide bonds. The number of ether oxygens (including phenoxy) is 1.